The molecule has 16 nitrogen and oxygen atoms in total. The van der Waals surface area contributed by atoms with E-state index in [9.17, 15) is 0 Å². The van der Waals surface area contributed by atoms with Gasteiger partial charge in [0.2, 0.25) is 0 Å². The van der Waals surface area contributed by atoms with Gasteiger partial charge >= 0.3 is 0 Å². The second kappa shape index (κ2) is 26.0. The Morgan fingerprint density at radius 3 is 0.898 bits per heavy atom. The lowest BCUT2D eigenvalue weighted by atomic mass is 9.68. The third kappa shape index (κ3) is 10.6. The molecule has 0 amide bonds. The SMILES string of the molecule is CC1(C)c2ccccc2N(c2cc(-c3ncncn3)ccc2-c2ccc(-c3ncncn3)cc2N2c3ccccc3C(C)(Cc3cccc4c3Sc3ccccc3N4c3cc(-c4ncncn4)ccc3-c3ccc(-c4ncncn4)cc3N3c4ccccc4Sc4ccccc43)c3ccccc32)c2ccccc21. The van der Waals surface area contributed by atoms with Crippen molar-refractivity contribution in [3.05, 3.63) is 339 Å². The Kier molecular flexibility index (Phi) is 15.5. The summed E-state index contributed by atoms with van der Waals surface area (Å²) in [5, 5.41) is 0. The number of para-hydroxylation sites is 7. The van der Waals surface area contributed by atoms with Crippen LogP contribution in [0.2, 0.25) is 0 Å². The van der Waals surface area contributed by atoms with Crippen LogP contribution in [-0.4, -0.2) is 59.8 Å². The van der Waals surface area contributed by atoms with E-state index in [0.29, 0.717) is 29.7 Å². The van der Waals surface area contributed by atoms with Crippen molar-refractivity contribution < 1.29 is 0 Å². The van der Waals surface area contributed by atoms with Gasteiger partial charge in [-0.05, 0) is 125 Å². The van der Waals surface area contributed by atoms with Crippen LogP contribution in [-0.2, 0) is 17.3 Å². The lowest BCUT2D eigenvalue weighted by Crippen LogP contribution is -2.35. The monoisotopic (exact) mass is 1430 g/mol. The Bertz CT molecular complexity index is 6090. The van der Waals surface area contributed by atoms with Crippen LogP contribution in [0.15, 0.2) is 331 Å². The lowest BCUT2D eigenvalue weighted by Gasteiger charge is -2.45. The molecule has 4 aromatic heterocycles. The van der Waals surface area contributed by atoms with Crippen LogP contribution in [0.4, 0.5) is 68.2 Å². The Morgan fingerprint density at radius 1 is 0.259 bits per heavy atom. The predicted molar refractivity (Wildman–Crippen MR) is 428 cm³/mol. The van der Waals surface area contributed by atoms with Crippen molar-refractivity contribution in [2.75, 3.05) is 19.6 Å². The van der Waals surface area contributed by atoms with Crippen LogP contribution in [0.5, 0.6) is 0 Å². The minimum atomic E-state index is -0.614. The fourth-order valence-corrected chi connectivity index (χ4v) is 18.6. The van der Waals surface area contributed by atoms with Crippen molar-refractivity contribution in [2.45, 2.75) is 57.6 Å². The molecule has 8 heterocycles. The summed E-state index contributed by atoms with van der Waals surface area (Å²) in [6.45, 7) is 7.08. The van der Waals surface area contributed by atoms with Crippen LogP contribution in [0.3, 0.4) is 0 Å². The number of nitrogens with zero attached hydrogens (tertiary/aromatic N) is 16. The fourth-order valence-electron chi connectivity index (χ4n) is 16.4. The van der Waals surface area contributed by atoms with Gasteiger partial charge in [-0.25, -0.2) is 59.8 Å². The van der Waals surface area contributed by atoms with Crippen molar-refractivity contribution in [1.82, 2.24) is 59.8 Å². The van der Waals surface area contributed by atoms with Gasteiger partial charge in [-0.15, -0.1) is 0 Å². The van der Waals surface area contributed by atoms with E-state index >= 15 is 0 Å². The molecule has 12 aromatic carbocycles. The zero-order valence-electron chi connectivity index (χ0n) is 58.6. The average molecular weight is 1430 g/mol. The second-order valence-electron chi connectivity index (χ2n) is 27.7. The highest BCUT2D eigenvalue weighted by atomic mass is 32.2. The molecule has 0 unspecified atom stereocenters. The van der Waals surface area contributed by atoms with Crippen LogP contribution < -0.4 is 19.6 Å². The fraction of sp³-hybridized carbons (Fsp3) is 0.0667. The van der Waals surface area contributed by atoms with Gasteiger partial charge in [-0.2, -0.15) is 0 Å². The van der Waals surface area contributed by atoms with E-state index in [4.69, 9.17) is 39.9 Å². The van der Waals surface area contributed by atoms with E-state index in [1.54, 1.807) is 62.4 Å². The van der Waals surface area contributed by atoms with E-state index in [-0.39, 0.29) is 5.41 Å². The summed E-state index contributed by atoms with van der Waals surface area (Å²) in [5.74, 6) is 2.27. The Hall–Kier alpha value is -13.4. The molecule has 18 heteroatoms. The van der Waals surface area contributed by atoms with E-state index in [1.165, 1.54) is 27.8 Å². The molecule has 0 aliphatic carbocycles. The topological polar surface area (TPSA) is 168 Å². The smallest absolute Gasteiger partial charge is 0.162 e. The molecule has 4 aliphatic heterocycles. The van der Waals surface area contributed by atoms with E-state index in [0.717, 1.165) is 132 Å². The highest BCUT2D eigenvalue weighted by molar-refractivity contribution is 8.00. The van der Waals surface area contributed by atoms with E-state index in [1.807, 2.05) is 11.8 Å². The second-order valence-corrected chi connectivity index (χ2v) is 29.8. The summed E-state index contributed by atoms with van der Waals surface area (Å²) in [6.07, 6.45) is 13.1. The van der Waals surface area contributed by atoms with Gasteiger partial charge in [0.05, 0.1) is 68.2 Å². The molecule has 16 aromatic rings. The summed E-state index contributed by atoms with van der Waals surface area (Å²) in [4.78, 5) is 69.1. The van der Waals surface area contributed by atoms with Crippen LogP contribution >= 0.6 is 23.5 Å². The van der Waals surface area contributed by atoms with Crippen molar-refractivity contribution in [3.8, 4) is 67.8 Å². The molecule has 0 fully saturated rings. The standard InChI is InChI=1S/C90H62N16S2/c1-89(2)65-20-4-8-24-69(65)103(70-25-9-5-21-66(70)89)77-43-56(85-95-48-91-49-96-85)35-39-61(77)62-40-36-57(86-97-50-92-51-98-86)44-78(62)104-71-26-10-6-22-67(71)90(3,68-23-7-11-27-72(68)104)47-60-19-18-31-76-84(60)108-83-34-17-14-30-75(83)106(76)80-46-59(88-101-54-94-55-102-88)38-42-64(80)63-41-37-58(87-99-52-93-53-100-87)45-79(63)105-73-28-12-15-32-81(73)107-82-33-16-13-29-74(82)105/h4-46,48-55H,47H2,1-3H3. The molecule has 4 aliphatic rings. The molecule has 20 rings (SSSR count). The number of benzene rings is 12. The number of hydrogen-bond acceptors (Lipinski definition) is 18. The Balaban J connectivity index is 0.767. The first-order chi connectivity index (χ1) is 53.2. The largest absolute Gasteiger partial charge is 0.309 e. The molecule has 0 N–H and O–H groups in total. The van der Waals surface area contributed by atoms with Crippen molar-refractivity contribution in [3.63, 3.8) is 0 Å². The van der Waals surface area contributed by atoms with E-state index in [2.05, 4.69) is 321 Å². The third-order valence-corrected chi connectivity index (χ3v) is 23.6. The molecular weight excluding hydrogens is 1370 g/mol. The predicted octanol–water partition coefficient (Wildman–Crippen LogP) is 21.7. The minimum absolute atomic E-state index is 0.305. The van der Waals surface area contributed by atoms with Gasteiger partial charge in [-0.1, -0.05) is 214 Å². The van der Waals surface area contributed by atoms with Gasteiger partial charge in [0.15, 0.2) is 23.3 Å². The summed E-state index contributed by atoms with van der Waals surface area (Å²) < 4.78 is 0. The zero-order chi connectivity index (χ0) is 72.0. The summed E-state index contributed by atoms with van der Waals surface area (Å²) >= 11 is 3.60. The molecule has 0 saturated carbocycles. The third-order valence-electron chi connectivity index (χ3n) is 21.3. The molecular formula is C90H62N16S2. The maximum absolute atomic E-state index is 4.77. The van der Waals surface area contributed by atoms with Crippen LogP contribution in [0, 0.1) is 0 Å². The molecule has 0 radical (unpaired) electrons. The van der Waals surface area contributed by atoms with Gasteiger partial charge < -0.3 is 19.6 Å². The Labute approximate surface area is 631 Å². The first-order valence-corrected chi connectivity index (χ1v) is 37.2. The summed E-state index contributed by atoms with van der Waals surface area (Å²) in [5.41, 5.74) is 24.7. The molecule has 108 heavy (non-hydrogen) atoms. The van der Waals surface area contributed by atoms with Gasteiger partial charge in [0.25, 0.3) is 0 Å². The van der Waals surface area contributed by atoms with Crippen molar-refractivity contribution in [1.29, 1.82) is 0 Å². The first-order valence-electron chi connectivity index (χ1n) is 35.6. The van der Waals surface area contributed by atoms with Gasteiger partial charge in [-0.3, -0.25) is 0 Å². The number of anilines is 12. The normalized spacial score (nSPS) is 13.9. The maximum Gasteiger partial charge on any atom is 0.162 e. The maximum atomic E-state index is 4.77. The molecule has 0 saturated heterocycles. The van der Waals surface area contributed by atoms with E-state index < -0.39 is 5.41 Å². The number of aromatic nitrogens is 12. The summed E-state index contributed by atoms with van der Waals surface area (Å²) in [7, 11) is 0. The van der Waals surface area contributed by atoms with Crippen LogP contribution in [0.25, 0.3) is 67.8 Å². The number of hydrogen-bond donors (Lipinski definition) is 0. The molecule has 514 valence electrons. The molecule has 0 bridgehead atoms. The lowest BCUT2D eigenvalue weighted by molar-refractivity contribution is 0.557. The van der Waals surface area contributed by atoms with Crippen LogP contribution in [0.1, 0.15) is 48.6 Å². The Morgan fingerprint density at radius 2 is 0.537 bits per heavy atom. The number of rotatable bonds is 12. The quantitative estimate of drug-likeness (QED) is 0.113. The number of fused-ring (bicyclic) bond motifs is 8. The van der Waals surface area contributed by atoms with Crippen molar-refractivity contribution >= 4 is 91.8 Å². The average Bonchev–Trinajstić information content (AvgIpc) is 0.717. The van der Waals surface area contributed by atoms with Gasteiger partial charge in [0, 0.05) is 74.9 Å². The molecule has 0 spiro atoms. The first kappa shape index (κ1) is 64.2. The highest BCUT2D eigenvalue weighted by Gasteiger charge is 2.44. The highest BCUT2D eigenvalue weighted by Crippen LogP contribution is 2.62. The zero-order valence-corrected chi connectivity index (χ0v) is 60.3. The molecule has 0 atom stereocenters. The van der Waals surface area contributed by atoms with Gasteiger partial charge in [0.1, 0.15) is 50.6 Å². The summed E-state index contributed by atoms with van der Waals surface area (Å²) in [6, 6.07) is 94.8. The van der Waals surface area contributed by atoms with Crippen molar-refractivity contribution in [2.24, 2.45) is 0 Å². The minimum Gasteiger partial charge on any atom is -0.309 e.